The first-order valence-electron chi connectivity index (χ1n) is 6.38. The number of benzene rings is 1. The van der Waals surface area contributed by atoms with Crippen LogP contribution in [-0.2, 0) is 9.53 Å². The van der Waals surface area contributed by atoms with E-state index in [1.54, 1.807) is 24.6 Å². The van der Waals surface area contributed by atoms with Crippen molar-refractivity contribution in [3.8, 4) is 0 Å². The highest BCUT2D eigenvalue weighted by Gasteiger charge is 2.25. The Labute approximate surface area is 127 Å². The summed E-state index contributed by atoms with van der Waals surface area (Å²) in [5.74, 6) is -0.833. The second kappa shape index (κ2) is 6.49. The zero-order valence-corrected chi connectivity index (χ0v) is 12.9. The van der Waals surface area contributed by atoms with E-state index in [0.717, 1.165) is 5.56 Å². The Morgan fingerprint density at radius 2 is 1.90 bits per heavy atom. The van der Waals surface area contributed by atoms with Crippen LogP contribution in [0.1, 0.15) is 32.5 Å². The standard InChI is InChI=1S/C15H16N2O3S/c1-9-4-6-11(7-5-9)12(15(19)20-3)17-14(18)13-10(2)16-8-21-13/h4-8,12H,1-3H3,(H,17,18)/t12-/m1/s1. The molecule has 5 nitrogen and oxygen atoms in total. The van der Waals surface area contributed by atoms with Crippen LogP contribution in [0.3, 0.4) is 0 Å². The van der Waals surface area contributed by atoms with Gasteiger partial charge in [0.25, 0.3) is 5.91 Å². The Morgan fingerprint density at radius 3 is 2.43 bits per heavy atom. The fraction of sp³-hybridized carbons (Fsp3) is 0.267. The maximum atomic E-state index is 12.2. The van der Waals surface area contributed by atoms with Crippen LogP contribution in [0.5, 0.6) is 0 Å². The molecule has 0 saturated carbocycles. The van der Waals surface area contributed by atoms with Gasteiger partial charge in [0.2, 0.25) is 0 Å². The van der Waals surface area contributed by atoms with E-state index >= 15 is 0 Å². The van der Waals surface area contributed by atoms with Gasteiger partial charge in [0, 0.05) is 0 Å². The number of carbonyl (C=O) groups is 2. The zero-order chi connectivity index (χ0) is 15.4. The topological polar surface area (TPSA) is 68.3 Å². The SMILES string of the molecule is COC(=O)[C@H](NC(=O)c1scnc1C)c1ccc(C)cc1. The molecule has 0 saturated heterocycles. The van der Waals surface area contributed by atoms with Crippen molar-refractivity contribution in [2.75, 3.05) is 7.11 Å². The van der Waals surface area contributed by atoms with Crippen molar-refractivity contribution in [2.24, 2.45) is 0 Å². The Morgan fingerprint density at radius 1 is 1.24 bits per heavy atom. The molecule has 0 aliphatic carbocycles. The number of aryl methyl sites for hydroxylation is 2. The highest BCUT2D eigenvalue weighted by molar-refractivity contribution is 7.11. The number of methoxy groups -OCH3 is 1. The van der Waals surface area contributed by atoms with Crippen LogP contribution in [0.2, 0.25) is 0 Å². The summed E-state index contributed by atoms with van der Waals surface area (Å²) in [5.41, 5.74) is 4.00. The molecular formula is C15H16N2O3S. The smallest absolute Gasteiger partial charge is 0.333 e. The summed E-state index contributed by atoms with van der Waals surface area (Å²) in [6.45, 7) is 3.71. The van der Waals surface area contributed by atoms with Gasteiger partial charge in [-0.2, -0.15) is 0 Å². The number of thiazole rings is 1. The summed E-state index contributed by atoms with van der Waals surface area (Å²) < 4.78 is 4.78. The highest BCUT2D eigenvalue weighted by Crippen LogP contribution is 2.18. The molecule has 110 valence electrons. The first kappa shape index (κ1) is 15.2. The molecule has 0 radical (unpaired) electrons. The van der Waals surface area contributed by atoms with Gasteiger partial charge in [-0.25, -0.2) is 9.78 Å². The van der Waals surface area contributed by atoms with Gasteiger partial charge in [-0.15, -0.1) is 11.3 Å². The van der Waals surface area contributed by atoms with E-state index in [0.29, 0.717) is 16.1 Å². The fourth-order valence-electron chi connectivity index (χ4n) is 1.87. The number of amides is 1. The second-order valence-corrected chi connectivity index (χ2v) is 5.46. The summed E-state index contributed by atoms with van der Waals surface area (Å²) in [6, 6.07) is 6.54. The first-order valence-corrected chi connectivity index (χ1v) is 7.26. The number of nitrogens with zero attached hydrogens (tertiary/aromatic N) is 1. The van der Waals surface area contributed by atoms with Crippen LogP contribution in [-0.4, -0.2) is 24.0 Å². The third-order valence-electron chi connectivity index (χ3n) is 3.07. The number of esters is 1. The van der Waals surface area contributed by atoms with E-state index in [9.17, 15) is 9.59 Å². The van der Waals surface area contributed by atoms with Gasteiger partial charge in [0.1, 0.15) is 4.88 Å². The van der Waals surface area contributed by atoms with Crippen LogP contribution in [0.4, 0.5) is 0 Å². The summed E-state index contributed by atoms with van der Waals surface area (Å²) in [5, 5.41) is 2.70. The number of nitrogens with one attached hydrogen (secondary N) is 1. The predicted molar refractivity (Wildman–Crippen MR) is 80.3 cm³/mol. The molecule has 6 heteroatoms. The van der Waals surface area contributed by atoms with Gasteiger partial charge < -0.3 is 10.1 Å². The number of hydrogen-bond acceptors (Lipinski definition) is 5. The molecule has 1 amide bonds. The number of aromatic nitrogens is 1. The quantitative estimate of drug-likeness (QED) is 0.881. The van der Waals surface area contributed by atoms with Gasteiger partial charge in [-0.3, -0.25) is 4.79 Å². The van der Waals surface area contributed by atoms with E-state index in [4.69, 9.17) is 4.74 Å². The Hall–Kier alpha value is -2.21. The molecule has 21 heavy (non-hydrogen) atoms. The molecule has 2 aromatic rings. The average Bonchev–Trinajstić information content (AvgIpc) is 2.91. The van der Waals surface area contributed by atoms with Crippen molar-refractivity contribution < 1.29 is 14.3 Å². The first-order chi connectivity index (χ1) is 10.0. The van der Waals surface area contributed by atoms with Crippen LogP contribution in [0, 0.1) is 13.8 Å². The third-order valence-corrected chi connectivity index (χ3v) is 4.00. The maximum absolute atomic E-state index is 12.2. The largest absolute Gasteiger partial charge is 0.467 e. The van der Waals surface area contributed by atoms with Crippen LogP contribution in [0.25, 0.3) is 0 Å². The maximum Gasteiger partial charge on any atom is 0.333 e. The van der Waals surface area contributed by atoms with Crippen LogP contribution < -0.4 is 5.32 Å². The molecule has 2 rings (SSSR count). The number of carbonyl (C=O) groups excluding carboxylic acids is 2. The minimum absolute atomic E-state index is 0.328. The van der Waals surface area contributed by atoms with Gasteiger partial charge in [-0.05, 0) is 19.4 Å². The van der Waals surface area contributed by atoms with Crippen molar-refractivity contribution in [3.63, 3.8) is 0 Å². The van der Waals surface area contributed by atoms with E-state index in [1.807, 2.05) is 19.1 Å². The lowest BCUT2D eigenvalue weighted by molar-refractivity contribution is -0.143. The van der Waals surface area contributed by atoms with E-state index in [2.05, 4.69) is 10.3 Å². The Bertz CT molecular complexity index is 649. The van der Waals surface area contributed by atoms with E-state index < -0.39 is 12.0 Å². The molecule has 0 aliphatic rings. The van der Waals surface area contributed by atoms with Crippen molar-refractivity contribution in [2.45, 2.75) is 19.9 Å². The molecule has 1 N–H and O–H groups in total. The van der Waals surface area contributed by atoms with E-state index in [1.165, 1.54) is 18.4 Å². The van der Waals surface area contributed by atoms with Crippen LogP contribution >= 0.6 is 11.3 Å². The van der Waals surface area contributed by atoms with Crippen LogP contribution in [0.15, 0.2) is 29.8 Å². The Kier molecular flexibility index (Phi) is 4.70. The predicted octanol–water partition coefficient (Wildman–Crippen LogP) is 2.40. The summed E-state index contributed by atoms with van der Waals surface area (Å²) >= 11 is 1.24. The fourth-order valence-corrected chi connectivity index (χ4v) is 2.58. The average molecular weight is 304 g/mol. The molecule has 0 bridgehead atoms. The summed E-state index contributed by atoms with van der Waals surface area (Å²) in [4.78, 5) is 28.7. The van der Waals surface area contributed by atoms with Gasteiger partial charge >= 0.3 is 5.97 Å². The zero-order valence-electron chi connectivity index (χ0n) is 12.0. The minimum Gasteiger partial charge on any atom is -0.467 e. The lowest BCUT2D eigenvalue weighted by atomic mass is 10.1. The monoisotopic (exact) mass is 304 g/mol. The van der Waals surface area contributed by atoms with Crippen molar-refractivity contribution >= 4 is 23.2 Å². The van der Waals surface area contributed by atoms with E-state index in [-0.39, 0.29) is 5.91 Å². The summed E-state index contributed by atoms with van der Waals surface area (Å²) in [7, 11) is 1.30. The number of rotatable bonds is 4. The van der Waals surface area contributed by atoms with Crippen molar-refractivity contribution in [1.29, 1.82) is 0 Å². The molecular weight excluding hydrogens is 288 g/mol. The molecule has 0 spiro atoms. The molecule has 0 aliphatic heterocycles. The molecule has 0 unspecified atom stereocenters. The molecule has 1 aromatic heterocycles. The van der Waals surface area contributed by atoms with Crippen molar-refractivity contribution in [1.82, 2.24) is 10.3 Å². The van der Waals surface area contributed by atoms with Gasteiger partial charge in [0.15, 0.2) is 6.04 Å². The Balaban J connectivity index is 2.25. The number of hydrogen-bond donors (Lipinski definition) is 1. The van der Waals surface area contributed by atoms with Gasteiger partial charge in [0.05, 0.1) is 18.3 Å². The lowest BCUT2D eigenvalue weighted by Gasteiger charge is -2.16. The molecule has 0 fully saturated rings. The minimum atomic E-state index is -0.829. The second-order valence-electron chi connectivity index (χ2n) is 4.61. The highest BCUT2D eigenvalue weighted by atomic mass is 32.1. The molecule has 1 aromatic carbocycles. The van der Waals surface area contributed by atoms with Gasteiger partial charge in [-0.1, -0.05) is 29.8 Å². The summed E-state index contributed by atoms with van der Waals surface area (Å²) in [6.07, 6.45) is 0. The normalized spacial score (nSPS) is 11.8. The van der Waals surface area contributed by atoms with Crippen molar-refractivity contribution in [3.05, 3.63) is 51.5 Å². The lowest BCUT2D eigenvalue weighted by Crippen LogP contribution is -2.34. The number of ether oxygens (including phenoxy) is 1. The molecule has 1 heterocycles. The molecule has 1 atom stereocenters. The third kappa shape index (κ3) is 3.46.